The van der Waals surface area contributed by atoms with E-state index in [0.717, 1.165) is 29.6 Å². The molecule has 4 nitrogen and oxygen atoms in total. The molecule has 0 saturated carbocycles. The van der Waals surface area contributed by atoms with Crippen LogP contribution >= 0.6 is 0 Å². The van der Waals surface area contributed by atoms with Crippen molar-refractivity contribution in [2.75, 3.05) is 0 Å². The lowest BCUT2D eigenvalue weighted by atomic mass is 10.1. The third-order valence-electron chi connectivity index (χ3n) is 2.34. The Morgan fingerprint density at radius 1 is 1.36 bits per heavy atom. The van der Waals surface area contributed by atoms with Crippen LogP contribution in [0, 0.1) is 6.92 Å². The molecule has 0 atom stereocenters. The molecule has 1 N–H and O–H groups in total. The summed E-state index contributed by atoms with van der Waals surface area (Å²) in [6, 6.07) is 1.78. The Hall–Kier alpha value is -1.42. The summed E-state index contributed by atoms with van der Waals surface area (Å²) in [6.45, 7) is 3.88. The maximum atomic E-state index is 8.65. The summed E-state index contributed by atoms with van der Waals surface area (Å²) in [5, 5.41) is 8.65. The third kappa shape index (κ3) is 1.19. The Morgan fingerprint density at radius 3 is 2.57 bits per heavy atom. The molecule has 0 aliphatic heterocycles. The summed E-state index contributed by atoms with van der Waals surface area (Å²) in [7, 11) is 0. The number of aryl methyl sites for hydroxylation is 2. The first-order valence-electron chi connectivity index (χ1n) is 4.60. The minimum absolute atomic E-state index is 0.426. The Kier molecular flexibility index (Phi) is 2.21. The molecule has 0 fully saturated rings. The van der Waals surface area contributed by atoms with Crippen molar-refractivity contribution in [3.8, 4) is 5.75 Å². The van der Waals surface area contributed by atoms with Gasteiger partial charge in [0.1, 0.15) is 0 Å². The second kappa shape index (κ2) is 3.38. The first kappa shape index (κ1) is 9.15. The average molecular weight is 196 g/mol. The van der Waals surface area contributed by atoms with Gasteiger partial charge in [-0.2, -0.15) is 0 Å². The van der Waals surface area contributed by atoms with Crippen LogP contribution in [-0.4, -0.2) is 5.26 Å². The van der Waals surface area contributed by atoms with Crippen LogP contribution in [0.2, 0.25) is 0 Å². The molecule has 0 saturated heterocycles. The highest BCUT2D eigenvalue weighted by molar-refractivity contribution is 5.80. The van der Waals surface area contributed by atoms with Crippen LogP contribution < -0.4 is 4.89 Å². The standard InChI is InChI=1S/C10H12O4/c1-3-4-7-5-8(12-11)6(2)9-10(7)14-13-9/h5,11H,3-4H2,1-2H3. The van der Waals surface area contributed by atoms with Crippen LogP contribution in [0.5, 0.6) is 5.75 Å². The number of rotatable bonds is 3. The van der Waals surface area contributed by atoms with Gasteiger partial charge in [-0.05, 0) is 19.4 Å². The molecule has 0 radical (unpaired) electrons. The van der Waals surface area contributed by atoms with Gasteiger partial charge in [-0.3, -0.25) is 9.15 Å². The predicted octanol–water partition coefficient (Wildman–Crippen LogP) is 3.14. The van der Waals surface area contributed by atoms with E-state index in [0.29, 0.717) is 11.3 Å². The van der Waals surface area contributed by atoms with Crippen LogP contribution in [0.15, 0.2) is 15.2 Å². The van der Waals surface area contributed by atoms with Crippen LogP contribution in [0.3, 0.4) is 0 Å². The molecule has 1 aromatic heterocycles. The van der Waals surface area contributed by atoms with Crippen LogP contribution in [0.1, 0.15) is 24.5 Å². The van der Waals surface area contributed by atoms with Gasteiger partial charge in [-0.15, -0.1) is 0 Å². The Morgan fingerprint density at radius 2 is 2.07 bits per heavy atom. The lowest BCUT2D eigenvalue weighted by molar-refractivity contribution is -0.138. The monoisotopic (exact) mass is 196 g/mol. The molecule has 0 spiro atoms. The van der Waals surface area contributed by atoms with E-state index in [1.54, 1.807) is 6.07 Å². The van der Waals surface area contributed by atoms with Gasteiger partial charge in [0.05, 0.1) is 0 Å². The van der Waals surface area contributed by atoms with Crippen molar-refractivity contribution in [3.05, 3.63) is 17.2 Å². The van der Waals surface area contributed by atoms with Gasteiger partial charge in [0.2, 0.25) is 11.2 Å². The second-order valence-electron chi connectivity index (χ2n) is 3.33. The highest BCUT2D eigenvalue weighted by Gasteiger charge is 2.18. The summed E-state index contributed by atoms with van der Waals surface area (Å²) < 4.78 is 9.75. The lowest BCUT2D eigenvalue weighted by Gasteiger charge is -2.09. The van der Waals surface area contributed by atoms with E-state index < -0.39 is 0 Å². The van der Waals surface area contributed by atoms with E-state index in [1.165, 1.54) is 0 Å². The van der Waals surface area contributed by atoms with E-state index >= 15 is 0 Å². The molecule has 2 rings (SSSR count). The first-order valence-corrected chi connectivity index (χ1v) is 4.60. The van der Waals surface area contributed by atoms with E-state index in [4.69, 9.17) is 14.4 Å². The van der Waals surface area contributed by atoms with E-state index in [2.05, 4.69) is 11.8 Å². The maximum Gasteiger partial charge on any atom is 0.232 e. The Balaban J connectivity index is 2.56. The smallest absolute Gasteiger partial charge is 0.232 e. The fourth-order valence-electron chi connectivity index (χ4n) is 1.55. The van der Waals surface area contributed by atoms with Crippen molar-refractivity contribution >= 4 is 11.2 Å². The minimum Gasteiger partial charge on any atom is -0.340 e. The van der Waals surface area contributed by atoms with Crippen molar-refractivity contribution in [1.29, 1.82) is 0 Å². The van der Waals surface area contributed by atoms with Crippen molar-refractivity contribution in [3.63, 3.8) is 0 Å². The molecule has 1 heterocycles. The Bertz CT molecular complexity index is 438. The lowest BCUT2D eigenvalue weighted by Crippen LogP contribution is -1.95. The van der Waals surface area contributed by atoms with Crippen molar-refractivity contribution in [1.82, 2.24) is 0 Å². The molecule has 0 amide bonds. The zero-order valence-electron chi connectivity index (χ0n) is 8.16. The third-order valence-corrected chi connectivity index (χ3v) is 2.34. The predicted molar refractivity (Wildman–Crippen MR) is 50.5 cm³/mol. The quantitative estimate of drug-likeness (QED) is 0.605. The highest BCUT2D eigenvalue weighted by Crippen LogP contribution is 2.33. The summed E-state index contributed by atoms with van der Waals surface area (Å²) in [6.07, 6.45) is 1.88. The fraction of sp³-hybridized carbons (Fsp3) is 0.400. The molecule has 0 bridgehead atoms. The summed E-state index contributed by atoms with van der Waals surface area (Å²) in [5.74, 6) is 0.426. The average Bonchev–Trinajstić information content (AvgIpc) is 2.10. The van der Waals surface area contributed by atoms with Crippen LogP contribution in [-0.2, 0) is 6.42 Å². The maximum absolute atomic E-state index is 8.65. The SMILES string of the molecule is CCCc1cc(OO)c(C)c2ooc12. The minimum atomic E-state index is 0.426. The molecule has 2 aromatic rings. The van der Waals surface area contributed by atoms with Crippen molar-refractivity contribution < 1.29 is 19.3 Å². The molecule has 0 aliphatic carbocycles. The molecule has 76 valence electrons. The van der Waals surface area contributed by atoms with E-state index in [-0.39, 0.29) is 0 Å². The number of fused-ring (bicyclic) bond motifs is 1. The van der Waals surface area contributed by atoms with Gasteiger partial charge in [0.25, 0.3) is 0 Å². The van der Waals surface area contributed by atoms with Crippen molar-refractivity contribution in [2.24, 2.45) is 0 Å². The molecular formula is C10H12O4. The molecule has 1 aromatic carbocycles. The summed E-state index contributed by atoms with van der Waals surface area (Å²) in [4.78, 5) is 4.27. The fourth-order valence-corrected chi connectivity index (χ4v) is 1.55. The summed E-state index contributed by atoms with van der Waals surface area (Å²) in [5.41, 5.74) is 3.20. The van der Waals surface area contributed by atoms with E-state index in [1.807, 2.05) is 6.92 Å². The second-order valence-corrected chi connectivity index (χ2v) is 3.33. The van der Waals surface area contributed by atoms with E-state index in [9.17, 15) is 0 Å². The molecule has 14 heavy (non-hydrogen) atoms. The Labute approximate surface area is 80.9 Å². The topological polar surface area (TPSA) is 55.7 Å². The van der Waals surface area contributed by atoms with Gasteiger partial charge in [0, 0.05) is 11.1 Å². The number of hydrogen-bond donors (Lipinski definition) is 1. The van der Waals surface area contributed by atoms with Gasteiger partial charge in [0.15, 0.2) is 5.75 Å². The zero-order chi connectivity index (χ0) is 10.1. The zero-order valence-corrected chi connectivity index (χ0v) is 8.16. The normalized spacial score (nSPS) is 11.1. The largest absolute Gasteiger partial charge is 0.340 e. The van der Waals surface area contributed by atoms with Gasteiger partial charge in [-0.1, -0.05) is 13.3 Å². The van der Waals surface area contributed by atoms with Crippen LogP contribution in [0.4, 0.5) is 0 Å². The van der Waals surface area contributed by atoms with Crippen molar-refractivity contribution in [2.45, 2.75) is 26.7 Å². The number of hydrogen-bond acceptors (Lipinski definition) is 4. The molecule has 0 aliphatic rings. The van der Waals surface area contributed by atoms with Gasteiger partial charge < -0.3 is 4.89 Å². The molecule has 0 unspecified atom stereocenters. The summed E-state index contributed by atoms with van der Waals surface area (Å²) >= 11 is 0. The molecule has 4 heteroatoms. The van der Waals surface area contributed by atoms with Gasteiger partial charge >= 0.3 is 0 Å². The first-order chi connectivity index (χ1) is 6.77. The number of benzene rings is 1. The molecular weight excluding hydrogens is 184 g/mol. The van der Waals surface area contributed by atoms with Gasteiger partial charge in [-0.25, -0.2) is 5.26 Å². The highest BCUT2D eigenvalue weighted by atomic mass is 17.1. The van der Waals surface area contributed by atoms with Crippen LogP contribution in [0.25, 0.3) is 11.2 Å².